The van der Waals surface area contributed by atoms with Crippen LogP contribution in [-0.2, 0) is 13.0 Å². The van der Waals surface area contributed by atoms with Gasteiger partial charge in [0.1, 0.15) is 0 Å². The van der Waals surface area contributed by atoms with Crippen LogP contribution < -0.4 is 0 Å². The van der Waals surface area contributed by atoms with Crippen molar-refractivity contribution >= 4 is 22.5 Å². The zero-order valence-corrected chi connectivity index (χ0v) is 8.01. The van der Waals surface area contributed by atoms with Crippen LogP contribution in [0.25, 0.3) is 10.9 Å². The minimum Gasteiger partial charge on any atom is -0.347 e. The van der Waals surface area contributed by atoms with Crippen LogP contribution >= 0.6 is 11.6 Å². The highest BCUT2D eigenvalue weighted by molar-refractivity contribution is 6.31. The second kappa shape index (κ2) is 2.52. The van der Waals surface area contributed by atoms with E-state index in [4.69, 9.17) is 11.6 Å². The molecular formula is C11H10ClN. The number of nitrogens with zero attached hydrogens (tertiary/aromatic N) is 1. The fourth-order valence-corrected chi connectivity index (χ4v) is 2.47. The molecule has 0 spiro atoms. The average molecular weight is 192 g/mol. The van der Waals surface area contributed by atoms with E-state index in [1.165, 1.54) is 29.3 Å². The monoisotopic (exact) mass is 191 g/mol. The van der Waals surface area contributed by atoms with Gasteiger partial charge in [-0.15, -0.1) is 0 Å². The number of hydrogen-bond acceptors (Lipinski definition) is 0. The van der Waals surface area contributed by atoms with E-state index in [9.17, 15) is 0 Å². The first-order chi connectivity index (χ1) is 6.34. The molecule has 0 radical (unpaired) electrons. The summed E-state index contributed by atoms with van der Waals surface area (Å²) in [5.41, 5.74) is 2.79. The predicted octanol–water partition coefficient (Wildman–Crippen LogP) is 3.24. The summed E-state index contributed by atoms with van der Waals surface area (Å²) < 4.78 is 2.32. The molecule has 1 aliphatic rings. The van der Waals surface area contributed by atoms with Crippen molar-refractivity contribution in [2.24, 2.45) is 0 Å². The second-order valence-corrected chi connectivity index (χ2v) is 4.05. The molecule has 0 saturated carbocycles. The van der Waals surface area contributed by atoms with Crippen LogP contribution in [0.1, 0.15) is 12.0 Å². The lowest BCUT2D eigenvalue weighted by molar-refractivity contribution is 0.636. The first-order valence-corrected chi connectivity index (χ1v) is 5.00. The van der Waals surface area contributed by atoms with E-state index in [0.29, 0.717) is 0 Å². The number of rotatable bonds is 0. The summed E-state index contributed by atoms with van der Waals surface area (Å²) in [5.74, 6) is 0. The molecule has 0 saturated heterocycles. The van der Waals surface area contributed by atoms with Crippen molar-refractivity contribution < 1.29 is 0 Å². The SMILES string of the molecule is Clc1cc2c3c(ccn3CCC2)c1. The quantitative estimate of drug-likeness (QED) is 0.603. The molecule has 2 heteroatoms. The van der Waals surface area contributed by atoms with E-state index >= 15 is 0 Å². The predicted molar refractivity (Wildman–Crippen MR) is 55.3 cm³/mol. The molecule has 1 aromatic heterocycles. The van der Waals surface area contributed by atoms with Crippen molar-refractivity contribution in [1.29, 1.82) is 0 Å². The Morgan fingerprint density at radius 1 is 1.31 bits per heavy atom. The van der Waals surface area contributed by atoms with Crippen molar-refractivity contribution in [3.05, 3.63) is 35.0 Å². The molecule has 0 N–H and O–H groups in total. The third kappa shape index (κ3) is 1.00. The van der Waals surface area contributed by atoms with E-state index in [2.05, 4.69) is 22.9 Å². The minimum atomic E-state index is 0.863. The molecule has 2 heterocycles. The highest BCUT2D eigenvalue weighted by atomic mass is 35.5. The van der Waals surface area contributed by atoms with Gasteiger partial charge >= 0.3 is 0 Å². The van der Waals surface area contributed by atoms with Gasteiger partial charge in [0.15, 0.2) is 0 Å². The van der Waals surface area contributed by atoms with E-state index in [0.717, 1.165) is 11.6 Å². The van der Waals surface area contributed by atoms with E-state index in [-0.39, 0.29) is 0 Å². The molecule has 0 fully saturated rings. The topological polar surface area (TPSA) is 4.93 Å². The first kappa shape index (κ1) is 7.45. The van der Waals surface area contributed by atoms with Crippen LogP contribution in [0.5, 0.6) is 0 Å². The molecule has 66 valence electrons. The molecule has 0 amide bonds. The summed E-state index contributed by atoms with van der Waals surface area (Å²) in [4.78, 5) is 0. The molecular weight excluding hydrogens is 182 g/mol. The van der Waals surface area contributed by atoms with Crippen molar-refractivity contribution in [3.63, 3.8) is 0 Å². The lowest BCUT2D eigenvalue weighted by Crippen LogP contribution is -2.06. The Labute approximate surface area is 81.9 Å². The Balaban J connectivity index is 2.47. The van der Waals surface area contributed by atoms with Crippen LogP contribution in [-0.4, -0.2) is 4.57 Å². The Morgan fingerprint density at radius 3 is 3.15 bits per heavy atom. The molecule has 0 unspecified atom stereocenters. The van der Waals surface area contributed by atoms with Crippen molar-refractivity contribution in [1.82, 2.24) is 4.57 Å². The molecule has 0 atom stereocenters. The standard InChI is InChI=1S/C11H10ClN/c12-10-6-8-2-1-4-13-5-3-9(7-10)11(8)13/h3,5-7H,1-2,4H2. The Morgan fingerprint density at radius 2 is 2.23 bits per heavy atom. The summed E-state index contributed by atoms with van der Waals surface area (Å²) in [6, 6.07) is 6.29. The van der Waals surface area contributed by atoms with Crippen LogP contribution in [0.4, 0.5) is 0 Å². The lowest BCUT2D eigenvalue weighted by atomic mass is 10.0. The smallest absolute Gasteiger partial charge is 0.0513 e. The molecule has 0 aliphatic carbocycles. The van der Waals surface area contributed by atoms with Gasteiger partial charge in [-0.2, -0.15) is 0 Å². The maximum Gasteiger partial charge on any atom is 0.0513 e. The fourth-order valence-electron chi connectivity index (χ4n) is 2.22. The maximum absolute atomic E-state index is 6.03. The van der Waals surface area contributed by atoms with Gasteiger partial charge in [-0.05, 0) is 36.6 Å². The van der Waals surface area contributed by atoms with Crippen LogP contribution in [0.3, 0.4) is 0 Å². The number of aromatic nitrogens is 1. The molecule has 2 aromatic rings. The van der Waals surface area contributed by atoms with Gasteiger partial charge < -0.3 is 4.57 Å². The Kier molecular flexibility index (Phi) is 1.44. The summed E-state index contributed by atoms with van der Waals surface area (Å²) in [6.07, 6.45) is 4.56. The van der Waals surface area contributed by atoms with Gasteiger partial charge in [0.25, 0.3) is 0 Å². The maximum atomic E-state index is 6.03. The fraction of sp³-hybridized carbons (Fsp3) is 0.273. The molecule has 1 aromatic carbocycles. The molecule has 1 nitrogen and oxygen atoms in total. The lowest BCUT2D eigenvalue weighted by Gasteiger charge is -2.15. The second-order valence-electron chi connectivity index (χ2n) is 3.62. The number of aryl methyl sites for hydroxylation is 2. The van der Waals surface area contributed by atoms with Crippen LogP contribution in [0.15, 0.2) is 24.4 Å². The summed E-state index contributed by atoms with van der Waals surface area (Å²) >= 11 is 6.03. The van der Waals surface area contributed by atoms with Gasteiger partial charge in [-0.1, -0.05) is 11.6 Å². The van der Waals surface area contributed by atoms with Crippen LogP contribution in [0.2, 0.25) is 5.02 Å². The van der Waals surface area contributed by atoms with Gasteiger partial charge in [0, 0.05) is 23.2 Å². The van der Waals surface area contributed by atoms with Crippen molar-refractivity contribution in [2.75, 3.05) is 0 Å². The molecule has 0 bridgehead atoms. The van der Waals surface area contributed by atoms with E-state index < -0.39 is 0 Å². The van der Waals surface area contributed by atoms with Gasteiger partial charge in [0.2, 0.25) is 0 Å². The van der Waals surface area contributed by atoms with E-state index in [1.54, 1.807) is 0 Å². The normalized spacial score (nSPS) is 15.2. The Hall–Kier alpha value is -0.950. The average Bonchev–Trinajstić information content (AvgIpc) is 2.50. The number of halogens is 1. The molecule has 13 heavy (non-hydrogen) atoms. The van der Waals surface area contributed by atoms with Crippen molar-refractivity contribution in [2.45, 2.75) is 19.4 Å². The number of hydrogen-bond donors (Lipinski definition) is 0. The van der Waals surface area contributed by atoms with Crippen LogP contribution in [0, 0.1) is 0 Å². The first-order valence-electron chi connectivity index (χ1n) is 4.62. The van der Waals surface area contributed by atoms with E-state index in [1.807, 2.05) is 6.07 Å². The van der Waals surface area contributed by atoms with Gasteiger partial charge in [0.05, 0.1) is 5.52 Å². The summed E-state index contributed by atoms with van der Waals surface area (Å²) in [6.45, 7) is 1.15. The Bertz CT molecular complexity index is 470. The number of benzene rings is 1. The third-order valence-corrected chi connectivity index (χ3v) is 2.97. The zero-order valence-electron chi connectivity index (χ0n) is 7.26. The zero-order chi connectivity index (χ0) is 8.84. The highest BCUT2D eigenvalue weighted by Crippen LogP contribution is 2.29. The largest absolute Gasteiger partial charge is 0.347 e. The third-order valence-electron chi connectivity index (χ3n) is 2.75. The summed E-state index contributed by atoms with van der Waals surface area (Å²) in [7, 11) is 0. The summed E-state index contributed by atoms with van der Waals surface area (Å²) in [5, 5.41) is 2.14. The van der Waals surface area contributed by atoms with Gasteiger partial charge in [-0.3, -0.25) is 0 Å². The highest BCUT2D eigenvalue weighted by Gasteiger charge is 2.12. The minimum absolute atomic E-state index is 0.863. The van der Waals surface area contributed by atoms with Gasteiger partial charge in [-0.25, -0.2) is 0 Å². The molecule has 1 aliphatic heterocycles. The van der Waals surface area contributed by atoms with Crippen molar-refractivity contribution in [3.8, 4) is 0 Å². The molecule has 3 rings (SSSR count).